The molecule has 2 rings (SSSR count). The molecule has 19 heavy (non-hydrogen) atoms. The molecule has 0 aromatic heterocycles. The number of nitrogens with one attached hydrogen (secondary N) is 3. The molecule has 5 nitrogen and oxygen atoms in total. The Labute approximate surface area is 117 Å². The summed E-state index contributed by atoms with van der Waals surface area (Å²) < 4.78 is 5.46. The zero-order valence-corrected chi connectivity index (χ0v) is 11.3. The van der Waals surface area contributed by atoms with Crippen molar-refractivity contribution in [3.05, 3.63) is 35.9 Å². The monoisotopic (exact) mass is 279 g/mol. The van der Waals surface area contributed by atoms with Crippen molar-refractivity contribution in [1.82, 2.24) is 16.2 Å². The molecule has 1 atom stereocenters. The smallest absolute Gasteiger partial charge is 0.269 e. The van der Waals surface area contributed by atoms with Crippen LogP contribution in [0.2, 0.25) is 0 Å². The fourth-order valence-corrected chi connectivity index (χ4v) is 1.97. The van der Waals surface area contributed by atoms with Gasteiger partial charge >= 0.3 is 0 Å². The number of hydrogen-bond acceptors (Lipinski definition) is 3. The van der Waals surface area contributed by atoms with E-state index in [1.165, 1.54) is 0 Å². The van der Waals surface area contributed by atoms with Gasteiger partial charge in [-0.1, -0.05) is 18.2 Å². The van der Waals surface area contributed by atoms with E-state index in [9.17, 15) is 4.79 Å². The van der Waals surface area contributed by atoms with Crippen LogP contribution in [0.25, 0.3) is 0 Å². The van der Waals surface area contributed by atoms with Gasteiger partial charge in [-0.3, -0.25) is 15.6 Å². The number of hydrazine groups is 1. The average molecular weight is 279 g/mol. The van der Waals surface area contributed by atoms with Crippen LogP contribution in [0.4, 0.5) is 0 Å². The predicted molar refractivity (Wildman–Crippen MR) is 76.6 cm³/mol. The van der Waals surface area contributed by atoms with Crippen molar-refractivity contribution in [3.8, 4) is 0 Å². The number of benzene rings is 1. The maximum Gasteiger partial charge on any atom is 0.269 e. The van der Waals surface area contributed by atoms with Crippen molar-refractivity contribution in [3.63, 3.8) is 0 Å². The van der Waals surface area contributed by atoms with Crippen LogP contribution in [0.1, 0.15) is 23.2 Å². The van der Waals surface area contributed by atoms with Gasteiger partial charge in [0.2, 0.25) is 0 Å². The highest BCUT2D eigenvalue weighted by Crippen LogP contribution is 2.10. The van der Waals surface area contributed by atoms with E-state index in [0.717, 1.165) is 19.4 Å². The fraction of sp³-hybridized carbons (Fsp3) is 0.385. The third-order valence-electron chi connectivity index (χ3n) is 2.84. The van der Waals surface area contributed by atoms with E-state index in [4.69, 9.17) is 17.0 Å². The van der Waals surface area contributed by atoms with Gasteiger partial charge < -0.3 is 10.1 Å². The van der Waals surface area contributed by atoms with E-state index in [0.29, 0.717) is 17.2 Å². The lowest BCUT2D eigenvalue weighted by Crippen LogP contribution is -2.48. The molecule has 0 saturated carbocycles. The van der Waals surface area contributed by atoms with Crippen molar-refractivity contribution >= 4 is 23.2 Å². The molecule has 1 aliphatic rings. The lowest BCUT2D eigenvalue weighted by atomic mass is 10.2. The minimum Gasteiger partial charge on any atom is -0.376 e. The number of carbonyl (C=O) groups is 1. The Hall–Kier alpha value is -1.66. The first-order valence-electron chi connectivity index (χ1n) is 6.26. The minimum atomic E-state index is -0.220. The number of ether oxygens (including phenoxy) is 1. The highest BCUT2D eigenvalue weighted by molar-refractivity contribution is 7.80. The Balaban J connectivity index is 1.67. The van der Waals surface area contributed by atoms with Crippen LogP contribution in [0.15, 0.2) is 30.3 Å². The molecule has 1 aromatic carbocycles. The van der Waals surface area contributed by atoms with E-state index in [-0.39, 0.29) is 12.0 Å². The molecule has 1 amide bonds. The number of hydrogen-bond donors (Lipinski definition) is 3. The summed E-state index contributed by atoms with van der Waals surface area (Å²) in [5, 5.41) is 3.40. The van der Waals surface area contributed by atoms with Gasteiger partial charge in [0, 0.05) is 18.7 Å². The molecule has 1 heterocycles. The largest absolute Gasteiger partial charge is 0.376 e. The maximum atomic E-state index is 11.7. The van der Waals surface area contributed by atoms with Crippen molar-refractivity contribution < 1.29 is 9.53 Å². The summed E-state index contributed by atoms with van der Waals surface area (Å²) in [6, 6.07) is 8.95. The molecule has 1 fully saturated rings. The van der Waals surface area contributed by atoms with Crippen LogP contribution in [-0.4, -0.2) is 30.3 Å². The first kappa shape index (κ1) is 13.8. The van der Waals surface area contributed by atoms with Crippen molar-refractivity contribution in [2.45, 2.75) is 18.9 Å². The van der Waals surface area contributed by atoms with E-state index in [2.05, 4.69) is 16.2 Å². The van der Waals surface area contributed by atoms with Crippen LogP contribution in [0, 0.1) is 0 Å². The third-order valence-corrected chi connectivity index (χ3v) is 3.09. The summed E-state index contributed by atoms with van der Waals surface area (Å²) in [5.41, 5.74) is 5.79. The van der Waals surface area contributed by atoms with Crippen molar-refractivity contribution in [2.24, 2.45) is 0 Å². The molecule has 0 radical (unpaired) electrons. The normalized spacial score (nSPS) is 17.8. The van der Waals surface area contributed by atoms with Gasteiger partial charge in [0.25, 0.3) is 5.91 Å². The number of carbonyl (C=O) groups excluding carboxylic acids is 1. The molecule has 3 N–H and O–H groups in total. The Morgan fingerprint density at radius 1 is 1.32 bits per heavy atom. The van der Waals surface area contributed by atoms with E-state index in [1.807, 2.05) is 18.2 Å². The molecule has 1 saturated heterocycles. The highest BCUT2D eigenvalue weighted by Gasteiger charge is 2.15. The number of rotatable bonds is 3. The molecular weight excluding hydrogens is 262 g/mol. The van der Waals surface area contributed by atoms with Gasteiger partial charge in [0.15, 0.2) is 5.11 Å². The van der Waals surface area contributed by atoms with Crippen LogP contribution in [-0.2, 0) is 4.74 Å². The summed E-state index contributed by atoms with van der Waals surface area (Å²) in [6.07, 6.45) is 2.35. The van der Waals surface area contributed by atoms with Crippen molar-refractivity contribution in [1.29, 1.82) is 0 Å². The van der Waals surface area contributed by atoms with Gasteiger partial charge in [0.1, 0.15) is 0 Å². The molecule has 0 bridgehead atoms. The summed E-state index contributed by atoms with van der Waals surface area (Å²) in [6.45, 7) is 1.48. The molecule has 1 aromatic rings. The molecule has 102 valence electrons. The number of thiocarbonyl (C=S) groups is 1. The van der Waals surface area contributed by atoms with Crippen molar-refractivity contribution in [2.75, 3.05) is 13.2 Å². The first-order chi connectivity index (χ1) is 9.25. The first-order valence-corrected chi connectivity index (χ1v) is 6.67. The van der Waals surface area contributed by atoms with Crippen LogP contribution in [0.5, 0.6) is 0 Å². The standard InChI is InChI=1S/C13H17N3O2S/c17-12(10-5-2-1-3-6-10)15-16-13(19)14-9-11-7-4-8-18-11/h1-3,5-6,11H,4,7-9H2,(H,15,17)(H2,14,16,19). The summed E-state index contributed by atoms with van der Waals surface area (Å²) in [5.74, 6) is -0.220. The molecule has 0 spiro atoms. The molecular formula is C13H17N3O2S. The molecule has 1 aliphatic heterocycles. The Morgan fingerprint density at radius 2 is 2.11 bits per heavy atom. The zero-order chi connectivity index (χ0) is 13.5. The number of amides is 1. The Morgan fingerprint density at radius 3 is 2.79 bits per heavy atom. The van der Waals surface area contributed by atoms with Gasteiger partial charge in [0.05, 0.1) is 6.10 Å². The molecule has 0 aliphatic carbocycles. The van der Waals surface area contributed by atoms with Gasteiger partial charge in [-0.05, 0) is 37.2 Å². The van der Waals surface area contributed by atoms with E-state index < -0.39 is 0 Å². The Bertz CT molecular complexity index is 433. The molecule has 1 unspecified atom stereocenters. The quantitative estimate of drug-likeness (QED) is 0.568. The van der Waals surface area contributed by atoms with Gasteiger partial charge in [-0.15, -0.1) is 0 Å². The SMILES string of the molecule is O=C(NNC(=S)NCC1CCCO1)c1ccccc1. The second-order valence-electron chi connectivity index (χ2n) is 4.29. The van der Waals surface area contributed by atoms with Gasteiger partial charge in [-0.2, -0.15) is 0 Å². The lowest BCUT2D eigenvalue weighted by molar-refractivity contribution is 0.0943. The van der Waals surface area contributed by atoms with E-state index in [1.54, 1.807) is 12.1 Å². The zero-order valence-electron chi connectivity index (χ0n) is 10.5. The van der Waals surface area contributed by atoms with E-state index >= 15 is 0 Å². The Kier molecular flexibility index (Phi) is 5.11. The summed E-state index contributed by atoms with van der Waals surface area (Å²) >= 11 is 5.06. The molecule has 6 heteroatoms. The fourth-order valence-electron chi connectivity index (χ4n) is 1.83. The summed E-state index contributed by atoms with van der Waals surface area (Å²) in [7, 11) is 0. The van der Waals surface area contributed by atoms with Crippen LogP contribution < -0.4 is 16.2 Å². The van der Waals surface area contributed by atoms with Gasteiger partial charge in [-0.25, -0.2) is 0 Å². The van der Waals surface area contributed by atoms with Crippen LogP contribution in [0.3, 0.4) is 0 Å². The second-order valence-corrected chi connectivity index (χ2v) is 4.70. The third kappa shape index (κ3) is 4.50. The maximum absolute atomic E-state index is 11.7. The average Bonchev–Trinajstić information content (AvgIpc) is 2.96. The summed E-state index contributed by atoms with van der Waals surface area (Å²) in [4.78, 5) is 11.7. The highest BCUT2D eigenvalue weighted by atomic mass is 32.1. The predicted octanol–water partition coefficient (Wildman–Crippen LogP) is 0.974. The lowest BCUT2D eigenvalue weighted by Gasteiger charge is -2.14. The minimum absolute atomic E-state index is 0.213. The topological polar surface area (TPSA) is 62.4 Å². The van der Waals surface area contributed by atoms with Crippen LogP contribution >= 0.6 is 12.2 Å². The second kappa shape index (κ2) is 7.06.